The number of hydrogen-bond donors (Lipinski definition) is 1. The minimum Gasteiger partial charge on any atom is -0.464 e. The monoisotopic (exact) mass is 276 g/mol. The molecule has 1 amide bonds. The van der Waals surface area contributed by atoms with Crippen molar-refractivity contribution >= 4 is 11.9 Å². The van der Waals surface area contributed by atoms with Gasteiger partial charge in [0.05, 0.1) is 13.0 Å². The number of amides is 1. The van der Waals surface area contributed by atoms with Crippen LogP contribution in [-0.4, -0.2) is 49.1 Å². The van der Waals surface area contributed by atoms with Gasteiger partial charge in [-0.05, 0) is 12.5 Å². The number of piperazine rings is 1. The average Bonchev–Trinajstić information content (AvgIpc) is 2.48. The molecule has 1 N–H and O–H groups in total. The zero-order chi connectivity index (χ0) is 14.4. The molecule has 20 heavy (non-hydrogen) atoms. The van der Waals surface area contributed by atoms with Crippen LogP contribution in [0.2, 0.25) is 0 Å². The molecule has 1 unspecified atom stereocenters. The SMILES string of the molecule is CCOC(=O)C1CNCCN1C(=O)Cc1ccccc1. The van der Waals surface area contributed by atoms with Gasteiger partial charge in [0.1, 0.15) is 6.04 Å². The quantitative estimate of drug-likeness (QED) is 0.818. The van der Waals surface area contributed by atoms with Crippen molar-refractivity contribution in [2.75, 3.05) is 26.2 Å². The highest BCUT2D eigenvalue weighted by Gasteiger charge is 2.32. The van der Waals surface area contributed by atoms with Crippen LogP contribution in [0.4, 0.5) is 0 Å². The number of carbonyl (C=O) groups excluding carboxylic acids is 2. The third kappa shape index (κ3) is 3.57. The van der Waals surface area contributed by atoms with Crippen molar-refractivity contribution < 1.29 is 14.3 Å². The molecule has 0 radical (unpaired) electrons. The lowest BCUT2D eigenvalue weighted by Gasteiger charge is -2.34. The molecule has 1 atom stereocenters. The van der Waals surface area contributed by atoms with Gasteiger partial charge in [-0.3, -0.25) is 4.79 Å². The number of esters is 1. The van der Waals surface area contributed by atoms with Crippen LogP contribution in [0.25, 0.3) is 0 Å². The topological polar surface area (TPSA) is 58.6 Å². The molecular weight excluding hydrogens is 256 g/mol. The van der Waals surface area contributed by atoms with Crippen molar-refractivity contribution in [1.29, 1.82) is 0 Å². The van der Waals surface area contributed by atoms with Crippen LogP contribution in [0.5, 0.6) is 0 Å². The Morgan fingerprint density at radius 3 is 2.80 bits per heavy atom. The van der Waals surface area contributed by atoms with E-state index in [1.165, 1.54) is 0 Å². The summed E-state index contributed by atoms with van der Waals surface area (Å²) in [5.74, 6) is -0.364. The lowest BCUT2D eigenvalue weighted by atomic mass is 10.1. The number of nitrogens with one attached hydrogen (secondary N) is 1. The summed E-state index contributed by atoms with van der Waals surface area (Å²) in [7, 11) is 0. The third-order valence-electron chi connectivity index (χ3n) is 3.32. The molecule has 2 rings (SSSR count). The second kappa shape index (κ2) is 7.05. The summed E-state index contributed by atoms with van der Waals surface area (Å²) in [4.78, 5) is 25.9. The van der Waals surface area contributed by atoms with E-state index in [-0.39, 0.29) is 11.9 Å². The lowest BCUT2D eigenvalue weighted by Crippen LogP contribution is -2.57. The molecule has 1 fully saturated rings. The summed E-state index contributed by atoms with van der Waals surface area (Å²) in [5.41, 5.74) is 0.957. The Hall–Kier alpha value is -1.88. The Morgan fingerprint density at radius 2 is 2.10 bits per heavy atom. The number of ether oxygens (including phenoxy) is 1. The Morgan fingerprint density at radius 1 is 1.35 bits per heavy atom. The van der Waals surface area contributed by atoms with Crippen LogP contribution in [0, 0.1) is 0 Å². The fraction of sp³-hybridized carbons (Fsp3) is 0.467. The maximum Gasteiger partial charge on any atom is 0.330 e. The van der Waals surface area contributed by atoms with Gasteiger partial charge in [0, 0.05) is 19.6 Å². The summed E-state index contributed by atoms with van der Waals surface area (Å²) >= 11 is 0. The number of benzene rings is 1. The molecule has 108 valence electrons. The molecule has 1 aromatic rings. The largest absolute Gasteiger partial charge is 0.464 e. The molecular formula is C15H20N2O3. The van der Waals surface area contributed by atoms with E-state index in [4.69, 9.17) is 4.74 Å². The molecule has 0 bridgehead atoms. The van der Waals surface area contributed by atoms with Gasteiger partial charge in [0.25, 0.3) is 0 Å². The fourth-order valence-corrected chi connectivity index (χ4v) is 2.32. The summed E-state index contributed by atoms with van der Waals surface area (Å²) in [5, 5.41) is 3.13. The van der Waals surface area contributed by atoms with Crippen LogP contribution >= 0.6 is 0 Å². The minimum absolute atomic E-state index is 0.0317. The van der Waals surface area contributed by atoms with Crippen LogP contribution < -0.4 is 5.32 Å². The van der Waals surface area contributed by atoms with E-state index in [2.05, 4.69) is 5.32 Å². The second-order valence-corrected chi connectivity index (χ2v) is 4.72. The highest BCUT2D eigenvalue weighted by Crippen LogP contribution is 2.10. The highest BCUT2D eigenvalue weighted by atomic mass is 16.5. The van der Waals surface area contributed by atoms with E-state index >= 15 is 0 Å². The molecule has 0 aliphatic carbocycles. The lowest BCUT2D eigenvalue weighted by molar-refractivity contribution is -0.155. The van der Waals surface area contributed by atoms with Gasteiger partial charge in [-0.2, -0.15) is 0 Å². The average molecular weight is 276 g/mol. The standard InChI is InChI=1S/C15H20N2O3/c1-2-20-15(19)13-11-16-8-9-17(13)14(18)10-12-6-4-3-5-7-12/h3-7,13,16H,2,8-11H2,1H3. The number of carbonyl (C=O) groups is 2. The molecule has 1 aliphatic rings. The van der Waals surface area contributed by atoms with Crippen LogP contribution in [0.3, 0.4) is 0 Å². The van der Waals surface area contributed by atoms with E-state index in [9.17, 15) is 9.59 Å². The van der Waals surface area contributed by atoms with E-state index in [1.807, 2.05) is 30.3 Å². The fourth-order valence-electron chi connectivity index (χ4n) is 2.32. The van der Waals surface area contributed by atoms with Crippen LogP contribution in [-0.2, 0) is 20.7 Å². The Labute approximate surface area is 118 Å². The third-order valence-corrected chi connectivity index (χ3v) is 3.32. The van der Waals surface area contributed by atoms with Crippen molar-refractivity contribution in [1.82, 2.24) is 10.2 Å². The maximum atomic E-state index is 12.4. The Balaban J connectivity index is 2.03. The Bertz CT molecular complexity index is 461. The summed E-state index contributed by atoms with van der Waals surface area (Å²) in [6.07, 6.45) is 0.316. The van der Waals surface area contributed by atoms with Crippen LogP contribution in [0.1, 0.15) is 12.5 Å². The van der Waals surface area contributed by atoms with Gasteiger partial charge >= 0.3 is 5.97 Å². The first-order chi connectivity index (χ1) is 9.72. The van der Waals surface area contributed by atoms with Crippen molar-refractivity contribution in [3.05, 3.63) is 35.9 Å². The molecule has 0 aromatic heterocycles. The number of hydrogen-bond acceptors (Lipinski definition) is 4. The smallest absolute Gasteiger partial charge is 0.330 e. The Kier molecular flexibility index (Phi) is 5.12. The highest BCUT2D eigenvalue weighted by molar-refractivity contribution is 5.86. The number of nitrogens with zero attached hydrogens (tertiary/aromatic N) is 1. The van der Waals surface area contributed by atoms with E-state index in [1.54, 1.807) is 11.8 Å². The molecule has 5 heteroatoms. The van der Waals surface area contributed by atoms with E-state index in [0.717, 1.165) is 5.56 Å². The van der Waals surface area contributed by atoms with Crippen LogP contribution in [0.15, 0.2) is 30.3 Å². The van der Waals surface area contributed by atoms with E-state index < -0.39 is 6.04 Å². The predicted octanol–water partition coefficient (Wildman–Crippen LogP) is 0.593. The second-order valence-electron chi connectivity index (χ2n) is 4.72. The summed E-state index contributed by atoms with van der Waals surface area (Å²) in [6.45, 7) is 3.80. The van der Waals surface area contributed by atoms with Crippen molar-refractivity contribution in [3.8, 4) is 0 Å². The summed E-state index contributed by atoms with van der Waals surface area (Å²) in [6, 6.07) is 9.05. The molecule has 1 aliphatic heterocycles. The first kappa shape index (κ1) is 14.5. The number of rotatable bonds is 4. The van der Waals surface area contributed by atoms with Crippen molar-refractivity contribution in [2.45, 2.75) is 19.4 Å². The first-order valence-electron chi connectivity index (χ1n) is 6.93. The van der Waals surface area contributed by atoms with Gasteiger partial charge < -0.3 is 15.0 Å². The maximum absolute atomic E-state index is 12.4. The van der Waals surface area contributed by atoms with E-state index in [0.29, 0.717) is 32.7 Å². The molecule has 1 heterocycles. The first-order valence-corrected chi connectivity index (χ1v) is 6.93. The van der Waals surface area contributed by atoms with Gasteiger partial charge in [-0.25, -0.2) is 4.79 Å². The van der Waals surface area contributed by atoms with Gasteiger partial charge in [0.15, 0.2) is 0 Å². The molecule has 1 aromatic carbocycles. The molecule has 1 saturated heterocycles. The minimum atomic E-state index is -0.514. The van der Waals surface area contributed by atoms with Gasteiger partial charge in [-0.15, -0.1) is 0 Å². The molecule has 0 saturated carbocycles. The molecule has 0 spiro atoms. The van der Waals surface area contributed by atoms with Crippen molar-refractivity contribution in [2.24, 2.45) is 0 Å². The predicted molar refractivity (Wildman–Crippen MR) is 75.1 cm³/mol. The van der Waals surface area contributed by atoms with Crippen molar-refractivity contribution in [3.63, 3.8) is 0 Å². The summed E-state index contributed by atoms with van der Waals surface area (Å²) < 4.78 is 5.04. The van der Waals surface area contributed by atoms with Gasteiger partial charge in [0.2, 0.25) is 5.91 Å². The normalized spacial score (nSPS) is 18.6. The zero-order valence-electron chi connectivity index (χ0n) is 11.7. The van der Waals surface area contributed by atoms with Gasteiger partial charge in [-0.1, -0.05) is 30.3 Å². The molecule has 5 nitrogen and oxygen atoms in total. The zero-order valence-corrected chi connectivity index (χ0v) is 11.7.